The molecule has 0 amide bonds. The Balaban J connectivity index is 3.74. The van der Waals surface area contributed by atoms with Crippen molar-refractivity contribution in [2.75, 3.05) is 13.2 Å². The van der Waals surface area contributed by atoms with Crippen molar-refractivity contribution in [2.24, 2.45) is 0 Å². The Bertz CT molecular complexity index is 236. The summed E-state index contributed by atoms with van der Waals surface area (Å²) in [7, 11) is 5.54. The summed E-state index contributed by atoms with van der Waals surface area (Å²) in [6, 6.07) is 0. The van der Waals surface area contributed by atoms with E-state index in [-0.39, 0.29) is 6.29 Å². The van der Waals surface area contributed by atoms with E-state index < -0.39 is 0 Å². The van der Waals surface area contributed by atoms with E-state index in [4.69, 9.17) is 17.3 Å². The molecule has 0 saturated carbocycles. The van der Waals surface area contributed by atoms with Gasteiger partial charge >= 0.3 is 0 Å². The predicted octanol–water partition coefficient (Wildman–Crippen LogP) is 7.21. The fraction of sp³-hybridized carbons (Fsp3) is 1.00. The van der Waals surface area contributed by atoms with Crippen LogP contribution in [0.2, 0.25) is 6.32 Å². The van der Waals surface area contributed by atoms with Crippen molar-refractivity contribution >= 4 is 7.85 Å². The molecule has 0 heterocycles. The quantitative estimate of drug-likeness (QED) is 0.123. The largest absolute Gasteiger partial charge is 0.353 e. The summed E-state index contributed by atoms with van der Waals surface area (Å²) >= 11 is 0. The summed E-state index contributed by atoms with van der Waals surface area (Å²) in [5.74, 6) is 0. The highest BCUT2D eigenvalue weighted by Gasteiger charge is 2.09. The number of hydrogen-bond acceptors (Lipinski definition) is 2. The molecule has 0 aromatic rings. The second-order valence-corrected chi connectivity index (χ2v) is 7.34. The number of rotatable bonds is 21. The molecule has 0 rings (SSSR count). The molecule has 0 aliphatic heterocycles. The highest BCUT2D eigenvalue weighted by atomic mass is 16.7. The van der Waals surface area contributed by atoms with Crippen LogP contribution < -0.4 is 0 Å². The van der Waals surface area contributed by atoms with E-state index >= 15 is 0 Å². The Morgan fingerprint density at radius 3 is 1.52 bits per heavy atom. The molecular weight excluding hydrogens is 307 g/mol. The Labute approximate surface area is 160 Å². The van der Waals surface area contributed by atoms with Crippen LogP contribution >= 0.6 is 0 Å². The minimum atomic E-state index is 0.0202. The molecule has 148 valence electrons. The Morgan fingerprint density at radius 2 is 1.00 bits per heavy atom. The van der Waals surface area contributed by atoms with Gasteiger partial charge in [-0.25, -0.2) is 0 Å². The molecule has 0 saturated heterocycles. The normalized spacial score (nSPS) is 12.6. The summed E-state index contributed by atoms with van der Waals surface area (Å²) in [5, 5.41) is 0. The first-order chi connectivity index (χ1) is 12.3. The van der Waals surface area contributed by atoms with Crippen LogP contribution in [0, 0.1) is 0 Å². The van der Waals surface area contributed by atoms with Crippen LogP contribution in [0.4, 0.5) is 0 Å². The minimum absolute atomic E-state index is 0.0202. The maximum absolute atomic E-state index is 6.04. The molecule has 2 nitrogen and oxygen atoms in total. The van der Waals surface area contributed by atoms with Crippen LogP contribution in [-0.4, -0.2) is 27.4 Å². The van der Waals surface area contributed by atoms with Gasteiger partial charge in [0.25, 0.3) is 0 Å². The summed E-state index contributed by atoms with van der Waals surface area (Å²) in [4.78, 5) is 0. The van der Waals surface area contributed by atoms with Gasteiger partial charge in [0.1, 0.15) is 0 Å². The van der Waals surface area contributed by atoms with Crippen molar-refractivity contribution in [1.29, 1.82) is 0 Å². The highest BCUT2D eigenvalue weighted by molar-refractivity contribution is 6.08. The third kappa shape index (κ3) is 20.2. The first kappa shape index (κ1) is 25.0. The van der Waals surface area contributed by atoms with Gasteiger partial charge < -0.3 is 9.47 Å². The van der Waals surface area contributed by atoms with Crippen molar-refractivity contribution in [1.82, 2.24) is 0 Å². The molecule has 1 atom stereocenters. The van der Waals surface area contributed by atoms with Gasteiger partial charge in [-0.3, -0.25) is 0 Å². The number of hydrogen-bond donors (Lipinski definition) is 0. The van der Waals surface area contributed by atoms with Gasteiger partial charge in [-0.05, 0) is 25.7 Å². The molecule has 2 radical (unpaired) electrons. The van der Waals surface area contributed by atoms with E-state index in [1.54, 1.807) is 0 Å². The topological polar surface area (TPSA) is 18.5 Å². The predicted molar refractivity (Wildman–Crippen MR) is 111 cm³/mol. The second-order valence-electron chi connectivity index (χ2n) is 7.34. The fourth-order valence-electron chi connectivity index (χ4n) is 3.04. The molecule has 0 fully saturated rings. The molecule has 3 heteroatoms. The van der Waals surface area contributed by atoms with Crippen LogP contribution in [0.1, 0.15) is 117 Å². The van der Waals surface area contributed by atoms with Gasteiger partial charge in [-0.2, -0.15) is 0 Å². The monoisotopic (exact) mass is 352 g/mol. The minimum Gasteiger partial charge on any atom is -0.353 e. The first-order valence-corrected chi connectivity index (χ1v) is 11.3. The summed E-state index contributed by atoms with van der Waals surface area (Å²) < 4.78 is 12.1. The molecular formula is C22H45BO2. The smallest absolute Gasteiger partial charge is 0.157 e. The number of ether oxygens (including phenoxy) is 2. The average molecular weight is 352 g/mol. The second kappa shape index (κ2) is 22.0. The van der Waals surface area contributed by atoms with Crippen molar-refractivity contribution in [3.63, 3.8) is 0 Å². The van der Waals surface area contributed by atoms with Crippen LogP contribution in [0.15, 0.2) is 0 Å². The van der Waals surface area contributed by atoms with Crippen molar-refractivity contribution < 1.29 is 9.47 Å². The summed E-state index contributed by atoms with van der Waals surface area (Å²) in [6.45, 7) is 6.22. The molecule has 1 unspecified atom stereocenters. The third-order valence-electron chi connectivity index (χ3n) is 4.75. The van der Waals surface area contributed by atoms with Gasteiger partial charge in [0.05, 0.1) is 7.85 Å². The zero-order valence-electron chi connectivity index (χ0n) is 17.4. The molecule has 0 aromatic heterocycles. The third-order valence-corrected chi connectivity index (χ3v) is 4.75. The van der Waals surface area contributed by atoms with Crippen LogP contribution in [-0.2, 0) is 9.47 Å². The maximum atomic E-state index is 6.04. The first-order valence-electron chi connectivity index (χ1n) is 11.3. The lowest BCUT2D eigenvalue weighted by atomic mass is 9.99. The van der Waals surface area contributed by atoms with Crippen LogP contribution in [0.3, 0.4) is 0 Å². The van der Waals surface area contributed by atoms with Gasteiger partial charge in [-0.15, -0.1) is 0 Å². The van der Waals surface area contributed by atoms with Crippen molar-refractivity contribution in [3.8, 4) is 0 Å². The summed E-state index contributed by atoms with van der Waals surface area (Å²) in [5.41, 5.74) is 0. The van der Waals surface area contributed by atoms with Gasteiger partial charge in [0.15, 0.2) is 6.29 Å². The zero-order valence-corrected chi connectivity index (χ0v) is 17.4. The van der Waals surface area contributed by atoms with Gasteiger partial charge in [0, 0.05) is 13.2 Å². The van der Waals surface area contributed by atoms with E-state index in [1.807, 2.05) is 0 Å². The Hall–Kier alpha value is -0.0151. The molecule has 25 heavy (non-hydrogen) atoms. The lowest BCUT2D eigenvalue weighted by Crippen LogP contribution is -2.19. The zero-order chi connectivity index (χ0) is 18.4. The molecule has 0 N–H and O–H groups in total. The van der Waals surface area contributed by atoms with E-state index in [9.17, 15) is 0 Å². The van der Waals surface area contributed by atoms with E-state index in [2.05, 4.69) is 13.8 Å². The van der Waals surface area contributed by atoms with E-state index in [0.29, 0.717) is 0 Å². The SMILES string of the molecule is [B]CCCCCCOC(CCCCCCC)OCCCCCCCC. The summed E-state index contributed by atoms with van der Waals surface area (Å²) in [6.07, 6.45) is 21.0. The Morgan fingerprint density at radius 1 is 0.560 bits per heavy atom. The number of unbranched alkanes of at least 4 members (excludes halogenated alkanes) is 12. The average Bonchev–Trinajstić information content (AvgIpc) is 2.62. The van der Waals surface area contributed by atoms with Crippen LogP contribution in [0.25, 0.3) is 0 Å². The molecule has 0 aliphatic carbocycles. The standard InChI is InChI=1S/C22H45BO2/c1-3-5-7-9-12-16-20-24-22(18-14-10-8-6-4-2)25-21-17-13-11-15-19-23/h22H,3-21H2,1-2H3. The lowest BCUT2D eigenvalue weighted by molar-refractivity contribution is -0.148. The van der Waals surface area contributed by atoms with E-state index in [1.165, 1.54) is 83.5 Å². The fourth-order valence-corrected chi connectivity index (χ4v) is 3.04. The molecule has 0 aromatic carbocycles. The Kier molecular flexibility index (Phi) is 22.0. The molecule has 0 aliphatic rings. The van der Waals surface area contributed by atoms with Gasteiger partial charge in [-0.1, -0.05) is 97.2 Å². The highest BCUT2D eigenvalue weighted by Crippen LogP contribution is 2.13. The maximum Gasteiger partial charge on any atom is 0.157 e. The molecule has 0 spiro atoms. The van der Waals surface area contributed by atoms with E-state index in [0.717, 1.165) is 38.8 Å². The van der Waals surface area contributed by atoms with Gasteiger partial charge in [0.2, 0.25) is 0 Å². The van der Waals surface area contributed by atoms with Crippen LogP contribution in [0.5, 0.6) is 0 Å². The lowest BCUT2D eigenvalue weighted by Gasteiger charge is -2.19. The molecule has 0 bridgehead atoms. The van der Waals surface area contributed by atoms with Crippen molar-refractivity contribution in [2.45, 2.75) is 129 Å². The van der Waals surface area contributed by atoms with Crippen molar-refractivity contribution in [3.05, 3.63) is 0 Å².